The third-order valence-electron chi connectivity index (χ3n) is 4.31. The van der Waals surface area contributed by atoms with Crippen molar-refractivity contribution in [3.05, 3.63) is 71.8 Å². The molecule has 136 valence electrons. The molecule has 0 radical (unpaired) electrons. The number of hydrogen-bond acceptors (Lipinski definition) is 3. The van der Waals surface area contributed by atoms with Crippen LogP contribution in [0, 0.1) is 5.92 Å². The summed E-state index contributed by atoms with van der Waals surface area (Å²) in [4.78, 5) is 13.0. The molecule has 26 heavy (non-hydrogen) atoms. The van der Waals surface area contributed by atoms with E-state index in [-0.39, 0.29) is 10.7 Å². The lowest BCUT2D eigenvalue weighted by Gasteiger charge is -2.46. The minimum atomic E-state index is -5.12. The number of aliphatic hydroxyl groups is 1. The zero-order valence-electron chi connectivity index (χ0n) is 13.3. The average Bonchev–Trinajstić information content (AvgIpc) is 2.61. The Labute approximate surface area is 153 Å². The summed E-state index contributed by atoms with van der Waals surface area (Å²) in [7, 11) is 0. The number of carbonyl (C=O) groups excluding carboxylic acids is 1. The Hall–Kier alpha value is -2.45. The van der Waals surface area contributed by atoms with Gasteiger partial charge in [0.1, 0.15) is 5.92 Å². The van der Waals surface area contributed by atoms with Crippen molar-refractivity contribution in [2.75, 3.05) is 0 Å². The summed E-state index contributed by atoms with van der Waals surface area (Å²) >= 11 is 4.86. The highest BCUT2D eigenvalue weighted by Gasteiger charge is 2.65. The number of halogens is 3. The lowest BCUT2D eigenvalue weighted by atomic mass is 9.77. The first-order chi connectivity index (χ1) is 12.2. The van der Waals surface area contributed by atoms with Crippen LogP contribution in [-0.2, 0) is 0 Å². The summed E-state index contributed by atoms with van der Waals surface area (Å²) in [6.07, 6.45) is -5.12. The van der Waals surface area contributed by atoms with E-state index >= 15 is 0 Å². The second-order valence-corrected chi connectivity index (χ2v) is 6.37. The Kier molecular flexibility index (Phi) is 4.72. The molecule has 3 atom stereocenters. The van der Waals surface area contributed by atoms with Crippen LogP contribution in [0.2, 0.25) is 0 Å². The van der Waals surface area contributed by atoms with Crippen LogP contribution in [0.25, 0.3) is 0 Å². The van der Waals surface area contributed by atoms with Gasteiger partial charge in [-0.15, -0.1) is 0 Å². The molecule has 0 spiro atoms. The SMILES string of the molecule is O=C(c1ccccc1)C1C(c2ccccc2)NC(=S)NC1(O)C(F)(F)F. The molecule has 1 aliphatic rings. The van der Waals surface area contributed by atoms with Crippen LogP contribution in [0.4, 0.5) is 13.2 Å². The van der Waals surface area contributed by atoms with Gasteiger partial charge in [0.05, 0.1) is 6.04 Å². The maximum absolute atomic E-state index is 13.8. The molecule has 0 aromatic heterocycles. The number of alkyl halides is 3. The molecule has 0 amide bonds. The lowest BCUT2D eigenvalue weighted by molar-refractivity contribution is -0.285. The third kappa shape index (κ3) is 3.17. The van der Waals surface area contributed by atoms with E-state index in [1.165, 1.54) is 12.1 Å². The standard InChI is InChI=1S/C18H15F3N2O2S/c19-18(20,21)17(25)13(15(24)12-9-5-2-6-10-12)14(22-16(26)23-17)11-7-3-1-4-8-11/h1-10,13-14,25H,(H2,22,23,26). The highest BCUT2D eigenvalue weighted by atomic mass is 32.1. The highest BCUT2D eigenvalue weighted by molar-refractivity contribution is 7.80. The Morgan fingerprint density at radius 1 is 1.04 bits per heavy atom. The number of ketones is 1. The molecule has 4 nitrogen and oxygen atoms in total. The monoisotopic (exact) mass is 380 g/mol. The van der Waals surface area contributed by atoms with Crippen LogP contribution >= 0.6 is 12.2 Å². The molecule has 1 saturated heterocycles. The maximum atomic E-state index is 13.8. The fraction of sp³-hybridized carbons (Fsp3) is 0.222. The number of rotatable bonds is 3. The van der Waals surface area contributed by atoms with E-state index in [0.717, 1.165) is 0 Å². The van der Waals surface area contributed by atoms with E-state index in [0.29, 0.717) is 5.56 Å². The first-order valence-corrected chi connectivity index (χ1v) is 8.17. The molecule has 2 aromatic rings. The molecule has 8 heteroatoms. The van der Waals surface area contributed by atoms with E-state index in [1.807, 2.05) is 5.32 Å². The fourth-order valence-electron chi connectivity index (χ4n) is 3.06. The van der Waals surface area contributed by atoms with Crippen molar-refractivity contribution >= 4 is 23.1 Å². The van der Waals surface area contributed by atoms with Gasteiger partial charge in [0.2, 0.25) is 5.72 Å². The zero-order chi connectivity index (χ0) is 18.9. The van der Waals surface area contributed by atoms with Crippen molar-refractivity contribution in [2.45, 2.75) is 17.9 Å². The summed E-state index contributed by atoms with van der Waals surface area (Å²) in [5.41, 5.74) is -3.02. The second-order valence-electron chi connectivity index (χ2n) is 5.96. The second kappa shape index (κ2) is 6.69. The van der Waals surface area contributed by atoms with Crippen LogP contribution in [0.1, 0.15) is 22.0 Å². The summed E-state index contributed by atoms with van der Waals surface area (Å²) < 4.78 is 41.3. The Bertz CT molecular complexity index is 814. The molecule has 2 aromatic carbocycles. The maximum Gasteiger partial charge on any atom is 0.437 e. The molecule has 3 rings (SSSR count). The first-order valence-electron chi connectivity index (χ1n) is 7.76. The predicted molar refractivity (Wildman–Crippen MR) is 93.3 cm³/mol. The highest BCUT2D eigenvalue weighted by Crippen LogP contribution is 2.43. The quantitative estimate of drug-likeness (QED) is 0.565. The number of carbonyl (C=O) groups is 1. The average molecular weight is 380 g/mol. The molecular weight excluding hydrogens is 365 g/mol. The van der Waals surface area contributed by atoms with Gasteiger partial charge in [-0.2, -0.15) is 13.2 Å². The van der Waals surface area contributed by atoms with E-state index in [9.17, 15) is 23.1 Å². The number of Topliss-reactive ketones (excluding diaryl/α,β-unsaturated/α-hetero) is 1. The molecule has 1 fully saturated rings. The van der Waals surface area contributed by atoms with Gasteiger partial charge in [-0.25, -0.2) is 0 Å². The van der Waals surface area contributed by atoms with Crippen LogP contribution in [-0.4, -0.2) is 27.9 Å². The number of benzene rings is 2. The molecule has 0 bridgehead atoms. The minimum Gasteiger partial charge on any atom is -0.363 e. The smallest absolute Gasteiger partial charge is 0.363 e. The van der Waals surface area contributed by atoms with Gasteiger partial charge in [-0.1, -0.05) is 60.7 Å². The lowest BCUT2D eigenvalue weighted by Crippen LogP contribution is -2.72. The van der Waals surface area contributed by atoms with Crippen LogP contribution in [0.5, 0.6) is 0 Å². The summed E-state index contributed by atoms with van der Waals surface area (Å²) in [5, 5.41) is 14.7. The topological polar surface area (TPSA) is 61.4 Å². The Balaban J connectivity index is 2.15. The van der Waals surface area contributed by atoms with Gasteiger partial charge in [0.15, 0.2) is 10.9 Å². The van der Waals surface area contributed by atoms with Crippen molar-refractivity contribution in [2.24, 2.45) is 5.92 Å². The van der Waals surface area contributed by atoms with Gasteiger partial charge >= 0.3 is 6.18 Å². The largest absolute Gasteiger partial charge is 0.437 e. The number of hydrogen-bond donors (Lipinski definition) is 3. The number of thiocarbonyl (C=S) groups is 1. The van der Waals surface area contributed by atoms with Crippen LogP contribution in [0.15, 0.2) is 60.7 Å². The van der Waals surface area contributed by atoms with Crippen LogP contribution < -0.4 is 10.6 Å². The normalized spacial score (nSPS) is 25.9. The predicted octanol–water partition coefficient (Wildman–Crippen LogP) is 2.96. The van der Waals surface area contributed by atoms with E-state index in [4.69, 9.17) is 12.2 Å². The molecular formula is C18H15F3N2O2S. The Morgan fingerprint density at radius 3 is 2.12 bits per heavy atom. The summed E-state index contributed by atoms with van der Waals surface area (Å²) in [6, 6.07) is 14.5. The van der Waals surface area contributed by atoms with Crippen molar-refractivity contribution in [1.82, 2.24) is 10.6 Å². The van der Waals surface area contributed by atoms with Crippen molar-refractivity contribution in [1.29, 1.82) is 0 Å². The third-order valence-corrected chi connectivity index (χ3v) is 4.53. The molecule has 1 heterocycles. The van der Waals surface area contributed by atoms with Gasteiger partial charge in [0.25, 0.3) is 0 Å². The van der Waals surface area contributed by atoms with E-state index < -0.39 is 29.6 Å². The van der Waals surface area contributed by atoms with E-state index in [2.05, 4.69) is 5.32 Å². The van der Waals surface area contributed by atoms with Gasteiger partial charge in [-0.05, 0) is 17.8 Å². The molecule has 0 saturated carbocycles. The van der Waals surface area contributed by atoms with Crippen molar-refractivity contribution < 1.29 is 23.1 Å². The van der Waals surface area contributed by atoms with Crippen molar-refractivity contribution in [3.63, 3.8) is 0 Å². The molecule has 3 N–H and O–H groups in total. The van der Waals surface area contributed by atoms with Gasteiger partial charge < -0.3 is 15.7 Å². The summed E-state index contributed by atoms with van der Waals surface area (Å²) in [5.74, 6) is -2.72. The van der Waals surface area contributed by atoms with Gasteiger partial charge in [0, 0.05) is 5.56 Å². The number of nitrogens with one attached hydrogen (secondary N) is 2. The fourth-order valence-corrected chi connectivity index (χ4v) is 3.34. The van der Waals surface area contributed by atoms with E-state index in [1.54, 1.807) is 48.5 Å². The zero-order valence-corrected chi connectivity index (χ0v) is 14.1. The molecule has 0 aliphatic carbocycles. The summed E-state index contributed by atoms with van der Waals surface area (Å²) in [6.45, 7) is 0. The minimum absolute atomic E-state index is 0.0672. The van der Waals surface area contributed by atoms with Gasteiger partial charge in [-0.3, -0.25) is 4.79 Å². The van der Waals surface area contributed by atoms with Crippen LogP contribution in [0.3, 0.4) is 0 Å². The van der Waals surface area contributed by atoms with Crippen molar-refractivity contribution in [3.8, 4) is 0 Å². The molecule has 1 aliphatic heterocycles. The Morgan fingerprint density at radius 2 is 1.58 bits per heavy atom. The molecule has 3 unspecified atom stereocenters. The first kappa shape index (κ1) is 18.3.